The molecule has 1 aromatic heterocycles. The van der Waals surface area contributed by atoms with Gasteiger partial charge < -0.3 is 15.4 Å². The van der Waals surface area contributed by atoms with E-state index in [0.29, 0.717) is 5.56 Å². The number of hydrogen-bond donors (Lipinski definition) is 3. The van der Waals surface area contributed by atoms with Crippen LogP contribution in [0.1, 0.15) is 28.8 Å². The number of H-pyrrole nitrogens is 1. The molecule has 6 nitrogen and oxygen atoms in total. The van der Waals surface area contributed by atoms with Gasteiger partial charge in [0.05, 0.1) is 0 Å². The number of rotatable bonds is 8. The van der Waals surface area contributed by atoms with Gasteiger partial charge in [0.25, 0.3) is 0 Å². The molecule has 0 aliphatic rings. The first-order valence-electron chi connectivity index (χ1n) is 8.70. The normalized spacial score (nSPS) is 11.9. The molecule has 27 heavy (non-hydrogen) atoms. The average molecular weight is 364 g/mol. The highest BCUT2D eigenvalue weighted by molar-refractivity contribution is 5.98. The quantitative estimate of drug-likeness (QED) is 0.535. The van der Waals surface area contributed by atoms with Crippen LogP contribution >= 0.6 is 0 Å². The number of carbonyl (C=O) groups excluding carboxylic acids is 2. The van der Waals surface area contributed by atoms with Crippen LogP contribution in [0, 0.1) is 0 Å². The van der Waals surface area contributed by atoms with Crippen molar-refractivity contribution >= 4 is 28.6 Å². The van der Waals surface area contributed by atoms with Crippen LogP contribution in [0.2, 0.25) is 0 Å². The molecule has 3 aromatic rings. The Hall–Kier alpha value is -3.41. The summed E-state index contributed by atoms with van der Waals surface area (Å²) in [5, 5.41) is 12.9. The number of carboxylic acids is 1. The Labute approximate surface area is 156 Å². The largest absolute Gasteiger partial charge is 0.480 e. The first-order chi connectivity index (χ1) is 13.0. The highest BCUT2D eigenvalue weighted by atomic mass is 16.4. The molecular formula is C21H20N2O4. The van der Waals surface area contributed by atoms with E-state index in [9.17, 15) is 19.5 Å². The van der Waals surface area contributed by atoms with Gasteiger partial charge in [0.2, 0.25) is 5.91 Å². The van der Waals surface area contributed by atoms with Gasteiger partial charge in [0, 0.05) is 41.9 Å². The fraction of sp³-hybridized carbons (Fsp3) is 0.190. The number of aliphatic carboxylic acids is 1. The maximum atomic E-state index is 12.2. The number of para-hydroxylation sites is 1. The number of carbonyl (C=O) groups is 3. The second-order valence-electron chi connectivity index (χ2n) is 6.31. The molecule has 1 unspecified atom stereocenters. The van der Waals surface area contributed by atoms with E-state index in [1.807, 2.05) is 30.3 Å². The molecule has 2 aromatic carbocycles. The molecule has 0 fully saturated rings. The topological polar surface area (TPSA) is 99.3 Å². The lowest BCUT2D eigenvalue weighted by atomic mass is 10.0. The molecule has 138 valence electrons. The molecule has 3 N–H and O–H groups in total. The minimum absolute atomic E-state index is 0.0370. The molecule has 0 spiro atoms. The van der Waals surface area contributed by atoms with Gasteiger partial charge >= 0.3 is 5.97 Å². The Morgan fingerprint density at radius 2 is 1.67 bits per heavy atom. The number of amides is 1. The van der Waals surface area contributed by atoms with Gasteiger partial charge in [0.15, 0.2) is 5.78 Å². The van der Waals surface area contributed by atoms with Crippen molar-refractivity contribution in [1.29, 1.82) is 0 Å². The summed E-state index contributed by atoms with van der Waals surface area (Å²) in [6, 6.07) is 15.2. The maximum Gasteiger partial charge on any atom is 0.326 e. The van der Waals surface area contributed by atoms with E-state index >= 15 is 0 Å². The molecule has 0 saturated carbocycles. The number of benzene rings is 2. The number of carboxylic acid groups (broad SMARTS) is 1. The average Bonchev–Trinajstić information content (AvgIpc) is 3.09. The van der Waals surface area contributed by atoms with Crippen LogP contribution in [0.3, 0.4) is 0 Å². The number of nitrogens with one attached hydrogen (secondary N) is 2. The van der Waals surface area contributed by atoms with Crippen molar-refractivity contribution in [3.8, 4) is 0 Å². The summed E-state index contributed by atoms with van der Waals surface area (Å²) < 4.78 is 0. The zero-order valence-corrected chi connectivity index (χ0v) is 14.6. The van der Waals surface area contributed by atoms with E-state index in [1.54, 1.807) is 30.5 Å². The Balaban J connectivity index is 1.60. The second kappa shape index (κ2) is 8.31. The number of aromatic nitrogens is 1. The number of hydrogen-bond acceptors (Lipinski definition) is 3. The third kappa shape index (κ3) is 4.61. The number of aromatic amines is 1. The Morgan fingerprint density at radius 3 is 2.41 bits per heavy atom. The van der Waals surface area contributed by atoms with Gasteiger partial charge in [-0.15, -0.1) is 0 Å². The van der Waals surface area contributed by atoms with Gasteiger partial charge in [0.1, 0.15) is 6.04 Å². The highest BCUT2D eigenvalue weighted by Crippen LogP contribution is 2.19. The van der Waals surface area contributed by atoms with Gasteiger partial charge in [-0.2, -0.15) is 0 Å². The third-order valence-electron chi connectivity index (χ3n) is 4.41. The summed E-state index contributed by atoms with van der Waals surface area (Å²) in [4.78, 5) is 38.9. The van der Waals surface area contributed by atoms with E-state index in [-0.39, 0.29) is 25.0 Å². The lowest BCUT2D eigenvalue weighted by molar-refractivity contribution is -0.141. The summed E-state index contributed by atoms with van der Waals surface area (Å²) in [7, 11) is 0. The van der Waals surface area contributed by atoms with Crippen LogP contribution in [0.4, 0.5) is 0 Å². The Kier molecular flexibility index (Phi) is 5.66. The van der Waals surface area contributed by atoms with E-state index < -0.39 is 17.9 Å². The maximum absolute atomic E-state index is 12.2. The van der Waals surface area contributed by atoms with E-state index in [0.717, 1.165) is 16.5 Å². The van der Waals surface area contributed by atoms with Crippen molar-refractivity contribution in [3.63, 3.8) is 0 Å². The molecule has 0 bridgehead atoms. The van der Waals surface area contributed by atoms with Crippen molar-refractivity contribution in [3.05, 3.63) is 71.9 Å². The molecule has 0 aliphatic carbocycles. The molecule has 1 atom stereocenters. The molecule has 0 saturated heterocycles. The van der Waals surface area contributed by atoms with Crippen LogP contribution in [-0.2, 0) is 16.0 Å². The SMILES string of the molecule is O=C(CCC(=O)c1ccccc1)NC(Cc1c[nH]c2ccccc12)C(=O)O. The van der Waals surface area contributed by atoms with Crippen LogP contribution < -0.4 is 5.32 Å². The minimum atomic E-state index is -1.11. The number of Topliss-reactive ketones (excluding diaryl/α,β-unsaturated/α-hetero) is 1. The molecule has 1 amide bonds. The smallest absolute Gasteiger partial charge is 0.326 e. The zero-order chi connectivity index (χ0) is 19.2. The van der Waals surface area contributed by atoms with E-state index in [1.165, 1.54) is 0 Å². The third-order valence-corrected chi connectivity index (χ3v) is 4.41. The molecular weight excluding hydrogens is 344 g/mol. The monoisotopic (exact) mass is 364 g/mol. The lowest BCUT2D eigenvalue weighted by Crippen LogP contribution is -2.42. The molecule has 0 radical (unpaired) electrons. The van der Waals surface area contributed by atoms with Crippen molar-refractivity contribution in [1.82, 2.24) is 10.3 Å². The van der Waals surface area contributed by atoms with Crippen LogP contribution in [0.5, 0.6) is 0 Å². The standard InChI is InChI=1S/C21H20N2O4/c24-19(14-6-2-1-3-7-14)10-11-20(25)23-18(21(26)27)12-15-13-22-17-9-5-4-8-16(15)17/h1-9,13,18,22H,10-12H2,(H,23,25)(H,26,27). The fourth-order valence-corrected chi connectivity index (χ4v) is 2.98. The minimum Gasteiger partial charge on any atom is -0.480 e. The predicted molar refractivity (Wildman–Crippen MR) is 102 cm³/mol. The first-order valence-corrected chi connectivity index (χ1v) is 8.70. The summed E-state index contributed by atoms with van der Waals surface area (Å²) in [6.45, 7) is 0. The van der Waals surface area contributed by atoms with Gasteiger partial charge in [-0.1, -0.05) is 48.5 Å². The fourth-order valence-electron chi connectivity index (χ4n) is 2.98. The summed E-state index contributed by atoms with van der Waals surface area (Å²) in [5.41, 5.74) is 2.27. The Morgan fingerprint density at radius 1 is 0.963 bits per heavy atom. The lowest BCUT2D eigenvalue weighted by Gasteiger charge is -2.14. The van der Waals surface area contributed by atoms with Crippen LogP contribution in [-0.4, -0.2) is 33.8 Å². The molecule has 6 heteroatoms. The first kappa shape index (κ1) is 18.4. The molecule has 0 aliphatic heterocycles. The van der Waals surface area contributed by atoms with Crippen LogP contribution in [0.25, 0.3) is 10.9 Å². The highest BCUT2D eigenvalue weighted by Gasteiger charge is 2.22. The van der Waals surface area contributed by atoms with Crippen LogP contribution in [0.15, 0.2) is 60.8 Å². The predicted octanol–water partition coefficient (Wildman–Crippen LogP) is 2.94. The summed E-state index contributed by atoms with van der Waals surface area (Å²) in [5.74, 6) is -1.70. The number of ketones is 1. The van der Waals surface area contributed by atoms with Crippen molar-refractivity contribution in [2.45, 2.75) is 25.3 Å². The van der Waals surface area contributed by atoms with E-state index in [4.69, 9.17) is 0 Å². The van der Waals surface area contributed by atoms with Crippen molar-refractivity contribution in [2.24, 2.45) is 0 Å². The van der Waals surface area contributed by atoms with Crippen molar-refractivity contribution in [2.75, 3.05) is 0 Å². The zero-order valence-electron chi connectivity index (χ0n) is 14.6. The molecule has 1 heterocycles. The van der Waals surface area contributed by atoms with E-state index in [2.05, 4.69) is 10.3 Å². The Bertz CT molecular complexity index is 962. The summed E-state index contributed by atoms with van der Waals surface area (Å²) in [6.07, 6.45) is 1.91. The van der Waals surface area contributed by atoms with Gasteiger partial charge in [-0.05, 0) is 11.6 Å². The second-order valence-corrected chi connectivity index (χ2v) is 6.31. The molecule has 3 rings (SSSR count). The summed E-state index contributed by atoms with van der Waals surface area (Å²) >= 11 is 0. The van der Waals surface area contributed by atoms with Crippen molar-refractivity contribution < 1.29 is 19.5 Å². The van der Waals surface area contributed by atoms with Gasteiger partial charge in [-0.3, -0.25) is 9.59 Å². The van der Waals surface area contributed by atoms with Gasteiger partial charge in [-0.25, -0.2) is 4.79 Å². The number of fused-ring (bicyclic) bond motifs is 1.